The first-order valence-electron chi connectivity index (χ1n) is 9.29. The monoisotopic (exact) mass is 354 g/mol. The highest BCUT2D eigenvalue weighted by molar-refractivity contribution is 5.87. The Morgan fingerprint density at radius 3 is 2.48 bits per heavy atom. The van der Waals surface area contributed by atoms with Crippen LogP contribution in [-0.4, -0.2) is 40.8 Å². The maximum atomic E-state index is 12.8. The Hall–Kier alpha value is -1.20. The Labute approximate surface area is 151 Å². The summed E-state index contributed by atoms with van der Waals surface area (Å²) in [7, 11) is 0. The Balaban J connectivity index is 2.97. The SMILES string of the molecule is C/C1=C/CCOC(=O)C[C@H](O)C(C)(C)C(=O)[C@H](C)[C@@H](O)[C@@H](C)CCC1. The van der Waals surface area contributed by atoms with Crippen molar-refractivity contribution in [2.45, 2.75) is 78.9 Å². The Kier molecular flexibility index (Phi) is 8.29. The third-order valence-electron chi connectivity index (χ3n) is 5.44. The molecular weight excluding hydrogens is 320 g/mol. The maximum absolute atomic E-state index is 12.8. The van der Waals surface area contributed by atoms with Crippen LogP contribution in [0.1, 0.15) is 66.7 Å². The molecule has 0 fully saturated rings. The Bertz CT molecular complexity index is 494. The number of esters is 1. The fraction of sp³-hybridized carbons (Fsp3) is 0.800. The summed E-state index contributed by atoms with van der Waals surface area (Å²) in [5, 5.41) is 20.9. The predicted molar refractivity (Wildman–Crippen MR) is 96.9 cm³/mol. The van der Waals surface area contributed by atoms with E-state index in [2.05, 4.69) is 6.08 Å². The molecule has 0 aromatic carbocycles. The van der Waals surface area contributed by atoms with Crippen molar-refractivity contribution in [3.8, 4) is 0 Å². The average Bonchev–Trinajstić information content (AvgIpc) is 2.55. The summed E-state index contributed by atoms with van der Waals surface area (Å²) >= 11 is 0. The van der Waals surface area contributed by atoms with Crippen LogP contribution in [-0.2, 0) is 14.3 Å². The van der Waals surface area contributed by atoms with Crippen LogP contribution < -0.4 is 0 Å². The minimum Gasteiger partial charge on any atom is -0.465 e. The van der Waals surface area contributed by atoms with E-state index in [1.54, 1.807) is 20.8 Å². The number of cyclic esters (lactones) is 1. The van der Waals surface area contributed by atoms with Gasteiger partial charge in [0.2, 0.25) is 0 Å². The summed E-state index contributed by atoms with van der Waals surface area (Å²) in [6.45, 7) is 9.22. The molecule has 1 rings (SSSR count). The zero-order chi connectivity index (χ0) is 19.2. The van der Waals surface area contributed by atoms with Crippen LogP contribution in [0, 0.1) is 17.3 Å². The van der Waals surface area contributed by atoms with Gasteiger partial charge in [-0.05, 0) is 38.5 Å². The van der Waals surface area contributed by atoms with Crippen molar-refractivity contribution in [3.05, 3.63) is 11.6 Å². The van der Waals surface area contributed by atoms with Gasteiger partial charge in [0.25, 0.3) is 0 Å². The van der Waals surface area contributed by atoms with Crippen LogP contribution in [0.4, 0.5) is 0 Å². The second kappa shape index (κ2) is 9.48. The molecule has 0 saturated carbocycles. The molecule has 0 aliphatic carbocycles. The van der Waals surface area contributed by atoms with Crippen molar-refractivity contribution in [3.63, 3.8) is 0 Å². The molecule has 4 atom stereocenters. The summed E-state index contributed by atoms with van der Waals surface area (Å²) < 4.78 is 5.15. The van der Waals surface area contributed by atoms with E-state index in [0.29, 0.717) is 6.42 Å². The molecular formula is C20H34O5. The lowest BCUT2D eigenvalue weighted by Crippen LogP contribution is -2.45. The van der Waals surface area contributed by atoms with E-state index in [-0.39, 0.29) is 24.7 Å². The topological polar surface area (TPSA) is 83.8 Å². The van der Waals surface area contributed by atoms with E-state index in [9.17, 15) is 19.8 Å². The number of hydrogen-bond donors (Lipinski definition) is 2. The molecule has 1 aliphatic heterocycles. The van der Waals surface area contributed by atoms with Crippen molar-refractivity contribution in [2.24, 2.45) is 17.3 Å². The zero-order valence-electron chi connectivity index (χ0n) is 16.2. The second-order valence-electron chi connectivity index (χ2n) is 8.01. The molecule has 144 valence electrons. The molecule has 0 saturated heterocycles. The van der Waals surface area contributed by atoms with Crippen LogP contribution in [0.3, 0.4) is 0 Å². The largest absolute Gasteiger partial charge is 0.465 e. The van der Waals surface area contributed by atoms with Gasteiger partial charge in [0.15, 0.2) is 0 Å². The highest BCUT2D eigenvalue weighted by Crippen LogP contribution is 2.31. The third kappa shape index (κ3) is 6.23. The van der Waals surface area contributed by atoms with Gasteiger partial charge in [0, 0.05) is 5.92 Å². The van der Waals surface area contributed by atoms with Gasteiger partial charge in [-0.25, -0.2) is 0 Å². The van der Waals surface area contributed by atoms with E-state index >= 15 is 0 Å². The third-order valence-corrected chi connectivity index (χ3v) is 5.44. The highest BCUT2D eigenvalue weighted by Gasteiger charge is 2.42. The lowest BCUT2D eigenvalue weighted by atomic mass is 9.73. The van der Waals surface area contributed by atoms with E-state index in [0.717, 1.165) is 19.3 Å². The van der Waals surface area contributed by atoms with Crippen LogP contribution in [0.15, 0.2) is 11.6 Å². The summed E-state index contributed by atoms with van der Waals surface area (Å²) in [5.41, 5.74) is 0.113. The van der Waals surface area contributed by atoms with Gasteiger partial charge in [-0.1, -0.05) is 39.3 Å². The lowest BCUT2D eigenvalue weighted by Gasteiger charge is -2.34. The number of aliphatic hydroxyl groups is 2. The van der Waals surface area contributed by atoms with Crippen molar-refractivity contribution >= 4 is 11.8 Å². The molecule has 0 aromatic rings. The van der Waals surface area contributed by atoms with Gasteiger partial charge in [-0.2, -0.15) is 0 Å². The molecule has 0 bridgehead atoms. The number of rotatable bonds is 0. The van der Waals surface area contributed by atoms with Crippen molar-refractivity contribution in [1.82, 2.24) is 0 Å². The van der Waals surface area contributed by atoms with Gasteiger partial charge < -0.3 is 14.9 Å². The number of aliphatic hydroxyl groups excluding tert-OH is 2. The highest BCUT2D eigenvalue weighted by atomic mass is 16.5. The number of Topliss-reactive ketones (excluding diaryl/α,β-unsaturated/α-hetero) is 1. The van der Waals surface area contributed by atoms with Crippen LogP contribution in [0.5, 0.6) is 0 Å². The van der Waals surface area contributed by atoms with Gasteiger partial charge in [0.1, 0.15) is 5.78 Å². The molecule has 0 aromatic heterocycles. The summed E-state index contributed by atoms with van der Waals surface area (Å²) in [5.74, 6) is -1.33. The molecule has 25 heavy (non-hydrogen) atoms. The molecule has 0 radical (unpaired) electrons. The maximum Gasteiger partial charge on any atom is 0.308 e. The first kappa shape index (κ1) is 21.8. The van der Waals surface area contributed by atoms with Gasteiger partial charge in [0.05, 0.1) is 30.7 Å². The van der Waals surface area contributed by atoms with Crippen molar-refractivity contribution in [2.75, 3.05) is 6.61 Å². The van der Waals surface area contributed by atoms with Gasteiger partial charge >= 0.3 is 5.97 Å². The molecule has 1 aliphatic rings. The van der Waals surface area contributed by atoms with Crippen LogP contribution >= 0.6 is 0 Å². The summed E-state index contributed by atoms with van der Waals surface area (Å²) in [4.78, 5) is 24.7. The normalized spacial score (nSPS) is 35.6. The number of carbonyl (C=O) groups is 2. The minimum atomic E-state index is -1.14. The first-order valence-corrected chi connectivity index (χ1v) is 9.29. The van der Waals surface area contributed by atoms with E-state index in [4.69, 9.17) is 4.74 Å². The van der Waals surface area contributed by atoms with Gasteiger partial charge in [-0.15, -0.1) is 0 Å². The van der Waals surface area contributed by atoms with Crippen LogP contribution in [0.2, 0.25) is 0 Å². The minimum absolute atomic E-state index is 0.00226. The van der Waals surface area contributed by atoms with Crippen molar-refractivity contribution in [1.29, 1.82) is 0 Å². The number of carbonyl (C=O) groups excluding carboxylic acids is 2. The van der Waals surface area contributed by atoms with Crippen LogP contribution in [0.25, 0.3) is 0 Å². The lowest BCUT2D eigenvalue weighted by molar-refractivity contribution is -0.151. The predicted octanol–water partition coefficient (Wildman–Crippen LogP) is 3.03. The average molecular weight is 354 g/mol. The quantitative estimate of drug-likeness (QED) is 0.516. The fourth-order valence-corrected chi connectivity index (χ4v) is 3.32. The summed E-state index contributed by atoms with van der Waals surface area (Å²) in [6.07, 6.45) is 3.29. The molecule has 0 amide bonds. The number of ether oxygens (including phenoxy) is 1. The first-order chi connectivity index (χ1) is 11.6. The number of allylic oxidation sites excluding steroid dienone is 1. The standard InChI is InChI=1S/C20H34O5/c1-13-8-6-10-14(2)18(23)15(3)19(24)20(4,5)16(21)12-17(22)25-11-7-9-13/h9,14-16,18,21,23H,6-8,10-12H2,1-5H3/b13-9-/t14-,15+,16-,18-/m0/s1. The Morgan fingerprint density at radius 2 is 1.84 bits per heavy atom. The Morgan fingerprint density at radius 1 is 1.20 bits per heavy atom. The fourth-order valence-electron chi connectivity index (χ4n) is 3.32. The molecule has 5 nitrogen and oxygen atoms in total. The van der Waals surface area contributed by atoms with E-state index < -0.39 is 29.5 Å². The second-order valence-corrected chi connectivity index (χ2v) is 8.01. The van der Waals surface area contributed by atoms with E-state index in [1.165, 1.54) is 5.57 Å². The molecule has 5 heteroatoms. The number of ketones is 1. The molecule has 1 heterocycles. The molecule has 0 unspecified atom stereocenters. The molecule has 0 spiro atoms. The van der Waals surface area contributed by atoms with E-state index in [1.807, 2.05) is 13.8 Å². The smallest absolute Gasteiger partial charge is 0.308 e. The molecule has 2 N–H and O–H groups in total. The van der Waals surface area contributed by atoms with Gasteiger partial charge in [-0.3, -0.25) is 9.59 Å². The number of hydrogen-bond acceptors (Lipinski definition) is 5. The summed E-state index contributed by atoms with van der Waals surface area (Å²) in [6, 6.07) is 0. The zero-order valence-corrected chi connectivity index (χ0v) is 16.2. The van der Waals surface area contributed by atoms with Crippen molar-refractivity contribution < 1.29 is 24.5 Å².